The molecule has 1 heterocycles. The maximum absolute atomic E-state index is 13.9. The van der Waals surface area contributed by atoms with Gasteiger partial charge in [0.2, 0.25) is 0 Å². The second-order valence-electron chi connectivity index (χ2n) is 9.72. The average molecular weight is 550 g/mol. The molecule has 8 heteroatoms. The second-order valence-corrected chi connectivity index (χ2v) is 11.1. The molecule has 4 rings (SSSR count). The SMILES string of the molecule is CCSCCOC(=O)C1=C(C)NC2=C(C(=O)[C@H](C(=O)OC)[C@@H](C)C2)[C@H]1c1cccc(OCc2ccccc2)c1. The van der Waals surface area contributed by atoms with E-state index in [1.54, 1.807) is 11.8 Å². The normalized spacial score (nSPS) is 20.7. The van der Waals surface area contributed by atoms with E-state index in [0.29, 0.717) is 41.4 Å². The van der Waals surface area contributed by atoms with Gasteiger partial charge in [-0.1, -0.05) is 56.3 Å². The Hall–Kier alpha value is -3.52. The van der Waals surface area contributed by atoms with Crippen LogP contribution in [0.4, 0.5) is 0 Å². The van der Waals surface area contributed by atoms with Crippen LogP contribution < -0.4 is 10.1 Å². The number of Topliss-reactive ketones (excluding diaryl/α,β-unsaturated/α-hetero) is 1. The molecule has 1 aliphatic carbocycles. The lowest BCUT2D eigenvalue weighted by Crippen LogP contribution is -2.43. The summed E-state index contributed by atoms with van der Waals surface area (Å²) in [5.74, 6) is -1.04. The Morgan fingerprint density at radius 2 is 1.87 bits per heavy atom. The minimum atomic E-state index is -0.938. The van der Waals surface area contributed by atoms with Gasteiger partial charge in [-0.05, 0) is 48.3 Å². The molecule has 0 saturated heterocycles. The monoisotopic (exact) mass is 549 g/mol. The predicted octanol–water partition coefficient (Wildman–Crippen LogP) is 5.17. The minimum Gasteiger partial charge on any atom is -0.489 e. The highest BCUT2D eigenvalue weighted by Gasteiger charge is 2.47. The van der Waals surface area contributed by atoms with Gasteiger partial charge in [0.05, 0.1) is 12.7 Å². The number of methoxy groups -OCH3 is 1. The zero-order chi connectivity index (χ0) is 27.9. The van der Waals surface area contributed by atoms with Crippen LogP contribution >= 0.6 is 11.8 Å². The van der Waals surface area contributed by atoms with Crippen molar-refractivity contribution < 1.29 is 28.6 Å². The first-order chi connectivity index (χ1) is 18.8. The van der Waals surface area contributed by atoms with Gasteiger partial charge < -0.3 is 19.5 Å². The number of ketones is 1. The van der Waals surface area contributed by atoms with E-state index in [1.807, 2.05) is 68.4 Å². The molecule has 0 unspecified atom stereocenters. The highest BCUT2D eigenvalue weighted by atomic mass is 32.2. The summed E-state index contributed by atoms with van der Waals surface area (Å²) in [4.78, 5) is 40.0. The number of carbonyl (C=O) groups excluding carboxylic acids is 3. The van der Waals surface area contributed by atoms with Crippen molar-refractivity contribution in [3.05, 3.63) is 88.3 Å². The molecular formula is C31H35NO6S. The summed E-state index contributed by atoms with van der Waals surface area (Å²) >= 11 is 1.68. The zero-order valence-electron chi connectivity index (χ0n) is 22.8. The second kappa shape index (κ2) is 13.0. The van der Waals surface area contributed by atoms with Gasteiger partial charge in [-0.3, -0.25) is 9.59 Å². The fourth-order valence-corrected chi connectivity index (χ4v) is 5.71. The van der Waals surface area contributed by atoms with E-state index in [1.165, 1.54) is 7.11 Å². The third kappa shape index (κ3) is 6.38. The molecule has 0 saturated carbocycles. The smallest absolute Gasteiger partial charge is 0.336 e. The molecule has 0 fully saturated rings. The maximum atomic E-state index is 13.9. The van der Waals surface area contributed by atoms with Crippen LogP contribution in [0.5, 0.6) is 5.75 Å². The molecule has 0 bridgehead atoms. The van der Waals surface area contributed by atoms with Gasteiger partial charge in [0.1, 0.15) is 24.9 Å². The van der Waals surface area contributed by atoms with E-state index in [9.17, 15) is 14.4 Å². The fourth-order valence-electron chi connectivity index (χ4n) is 5.22. The maximum Gasteiger partial charge on any atom is 0.336 e. The fraction of sp³-hybridized carbons (Fsp3) is 0.387. The van der Waals surface area contributed by atoms with Crippen molar-refractivity contribution in [1.29, 1.82) is 0 Å². The zero-order valence-corrected chi connectivity index (χ0v) is 23.6. The summed E-state index contributed by atoms with van der Waals surface area (Å²) in [6.45, 7) is 6.39. The van der Waals surface area contributed by atoms with Crippen LogP contribution in [0, 0.1) is 11.8 Å². The largest absolute Gasteiger partial charge is 0.489 e. The molecule has 7 nitrogen and oxygen atoms in total. The van der Waals surface area contributed by atoms with Gasteiger partial charge >= 0.3 is 11.9 Å². The molecule has 2 aromatic carbocycles. The van der Waals surface area contributed by atoms with Gasteiger partial charge in [-0.2, -0.15) is 11.8 Å². The van der Waals surface area contributed by atoms with Crippen LogP contribution in [-0.4, -0.2) is 42.9 Å². The molecule has 206 valence electrons. The summed E-state index contributed by atoms with van der Waals surface area (Å²) in [5.41, 5.74) is 3.88. The first-order valence-corrected chi connectivity index (χ1v) is 14.4. The van der Waals surface area contributed by atoms with E-state index in [4.69, 9.17) is 14.2 Å². The minimum absolute atomic E-state index is 0.246. The lowest BCUT2D eigenvalue weighted by Gasteiger charge is -2.38. The molecule has 0 spiro atoms. The van der Waals surface area contributed by atoms with Crippen LogP contribution in [0.3, 0.4) is 0 Å². The van der Waals surface area contributed by atoms with E-state index in [2.05, 4.69) is 12.2 Å². The number of hydrogen-bond acceptors (Lipinski definition) is 8. The molecule has 0 aromatic heterocycles. The summed E-state index contributed by atoms with van der Waals surface area (Å²) < 4.78 is 16.7. The first-order valence-electron chi connectivity index (χ1n) is 13.2. The van der Waals surface area contributed by atoms with Crippen LogP contribution in [-0.2, 0) is 30.5 Å². The molecular weight excluding hydrogens is 514 g/mol. The number of rotatable bonds is 10. The van der Waals surface area contributed by atoms with Crippen LogP contribution in [0.2, 0.25) is 0 Å². The molecule has 3 atom stereocenters. The standard InChI is InChI=1S/C31H35NO6S/c1-5-39-15-14-37-31(35)26-20(3)32-24-16-19(2)25(30(34)36-4)29(33)28(24)27(26)22-12-9-13-23(17-22)38-18-21-10-7-6-8-11-21/h6-13,17,19,25,27,32H,5,14-16,18H2,1-4H3/t19-,25+,27-/m0/s1. The lowest BCUT2D eigenvalue weighted by molar-refractivity contribution is -0.151. The van der Waals surface area contributed by atoms with Crippen molar-refractivity contribution in [3.63, 3.8) is 0 Å². The number of esters is 2. The van der Waals surface area contributed by atoms with Gasteiger partial charge in [-0.25, -0.2) is 4.79 Å². The molecule has 39 heavy (non-hydrogen) atoms. The molecule has 2 aromatic rings. The molecule has 2 aliphatic rings. The van der Waals surface area contributed by atoms with Gasteiger partial charge in [0.25, 0.3) is 0 Å². The topological polar surface area (TPSA) is 90.9 Å². The molecule has 1 N–H and O–H groups in total. The van der Waals surface area contributed by atoms with Crippen molar-refractivity contribution in [2.75, 3.05) is 25.2 Å². The Kier molecular flexibility index (Phi) is 9.51. The lowest BCUT2D eigenvalue weighted by atomic mass is 9.69. The van der Waals surface area contributed by atoms with Crippen LogP contribution in [0.1, 0.15) is 44.2 Å². The van der Waals surface area contributed by atoms with Crippen molar-refractivity contribution in [1.82, 2.24) is 5.32 Å². The molecule has 0 radical (unpaired) electrons. The van der Waals surface area contributed by atoms with Crippen molar-refractivity contribution >= 4 is 29.5 Å². The number of allylic oxidation sites excluding steroid dienone is 3. The Morgan fingerprint density at radius 3 is 2.59 bits per heavy atom. The molecule has 0 amide bonds. The van der Waals surface area contributed by atoms with Crippen LogP contribution in [0.25, 0.3) is 0 Å². The summed E-state index contributed by atoms with van der Waals surface area (Å²) in [6, 6.07) is 17.3. The van der Waals surface area contributed by atoms with Gasteiger partial charge in [-0.15, -0.1) is 0 Å². The van der Waals surface area contributed by atoms with E-state index < -0.39 is 23.8 Å². The number of hydrogen-bond donors (Lipinski definition) is 1. The third-order valence-corrected chi connectivity index (χ3v) is 7.93. The number of carbonyl (C=O) groups is 3. The number of ether oxygens (including phenoxy) is 3. The predicted molar refractivity (Wildman–Crippen MR) is 151 cm³/mol. The van der Waals surface area contributed by atoms with Crippen molar-refractivity contribution in [2.24, 2.45) is 11.8 Å². The van der Waals surface area contributed by atoms with E-state index in [-0.39, 0.29) is 18.3 Å². The highest BCUT2D eigenvalue weighted by Crippen LogP contribution is 2.46. The Balaban J connectivity index is 1.73. The summed E-state index contributed by atoms with van der Waals surface area (Å²) in [5, 5.41) is 3.30. The Bertz CT molecular complexity index is 1280. The highest BCUT2D eigenvalue weighted by molar-refractivity contribution is 7.99. The number of nitrogens with one attached hydrogen (secondary N) is 1. The van der Waals surface area contributed by atoms with Crippen molar-refractivity contribution in [2.45, 2.75) is 39.7 Å². The summed E-state index contributed by atoms with van der Waals surface area (Å²) in [7, 11) is 1.29. The van der Waals surface area contributed by atoms with Crippen molar-refractivity contribution in [3.8, 4) is 5.75 Å². The van der Waals surface area contributed by atoms with Crippen LogP contribution in [0.15, 0.2) is 77.1 Å². The summed E-state index contributed by atoms with van der Waals surface area (Å²) in [6.07, 6.45) is 0.481. The van der Waals surface area contributed by atoms with E-state index in [0.717, 1.165) is 22.6 Å². The van der Waals surface area contributed by atoms with Gasteiger partial charge in [0.15, 0.2) is 5.78 Å². The average Bonchev–Trinajstić information content (AvgIpc) is 2.94. The Morgan fingerprint density at radius 1 is 1.10 bits per heavy atom. The number of thioether (sulfide) groups is 1. The van der Waals surface area contributed by atoms with E-state index >= 15 is 0 Å². The third-order valence-electron chi connectivity index (χ3n) is 7.07. The number of dihydropyridines is 1. The quantitative estimate of drug-likeness (QED) is 0.247. The first kappa shape index (κ1) is 28.5. The van der Waals surface area contributed by atoms with Gasteiger partial charge in [0, 0.05) is 28.6 Å². The number of benzene rings is 2. The Labute approximate surface area is 234 Å². The molecule has 1 aliphatic heterocycles.